The van der Waals surface area contributed by atoms with E-state index in [1.165, 1.54) is 70.6 Å². The molecule has 0 aromatic rings. The number of unbranched alkanes of at least 4 members (excludes halogenated alkanes) is 10. The lowest BCUT2D eigenvalue weighted by Crippen LogP contribution is -1.91. The Morgan fingerprint density at radius 1 is 0.826 bits per heavy atom. The summed E-state index contributed by atoms with van der Waals surface area (Å²) in [6.07, 6.45) is 24.8. The summed E-state index contributed by atoms with van der Waals surface area (Å²) < 4.78 is 0. The van der Waals surface area contributed by atoms with Crippen molar-refractivity contribution in [2.24, 2.45) is 0 Å². The van der Waals surface area contributed by atoms with Crippen LogP contribution in [0.3, 0.4) is 0 Å². The number of carboxylic acid groups (broad SMARTS) is 1. The van der Waals surface area contributed by atoms with E-state index >= 15 is 0 Å². The first-order chi connectivity index (χ1) is 11.3. The summed E-state index contributed by atoms with van der Waals surface area (Å²) in [6, 6.07) is 0. The average Bonchev–Trinajstić information content (AvgIpc) is 2.53. The summed E-state index contributed by atoms with van der Waals surface area (Å²) in [6.45, 7) is 2.27. The molecule has 0 amide bonds. The fourth-order valence-electron chi connectivity index (χ4n) is 2.46. The highest BCUT2D eigenvalue weighted by Gasteiger charge is 1.92. The van der Waals surface area contributed by atoms with Gasteiger partial charge in [-0.05, 0) is 37.8 Å². The van der Waals surface area contributed by atoms with Crippen LogP contribution in [0.4, 0.5) is 0 Å². The summed E-state index contributed by atoms with van der Waals surface area (Å²) in [5, 5.41) is 8.48. The predicted molar refractivity (Wildman–Crippen MR) is 99.7 cm³/mol. The van der Waals surface area contributed by atoms with Gasteiger partial charge in [-0.1, -0.05) is 76.9 Å². The van der Waals surface area contributed by atoms with Crippen molar-refractivity contribution in [2.45, 2.75) is 96.8 Å². The van der Waals surface area contributed by atoms with Gasteiger partial charge in [-0.3, -0.25) is 4.79 Å². The Hall–Kier alpha value is -1.27. The van der Waals surface area contributed by atoms with Crippen molar-refractivity contribution in [1.29, 1.82) is 0 Å². The van der Waals surface area contributed by atoms with Crippen LogP contribution in [0.1, 0.15) is 96.8 Å². The van der Waals surface area contributed by atoms with Crippen LogP contribution >= 0.6 is 0 Å². The van der Waals surface area contributed by atoms with Crippen LogP contribution in [0.2, 0.25) is 0 Å². The molecule has 0 aliphatic heterocycles. The Balaban J connectivity index is 3.25. The third-order valence-electron chi connectivity index (χ3n) is 3.88. The van der Waals surface area contributed by atoms with E-state index in [9.17, 15) is 4.79 Å². The number of hydrogen-bond acceptors (Lipinski definition) is 1. The van der Waals surface area contributed by atoms with E-state index in [4.69, 9.17) is 5.11 Å². The zero-order valence-electron chi connectivity index (χ0n) is 15.1. The zero-order chi connectivity index (χ0) is 17.0. The average molecular weight is 321 g/mol. The smallest absolute Gasteiger partial charge is 0.303 e. The Bertz CT molecular complexity index is 349. The maximum absolute atomic E-state index is 10.3. The van der Waals surface area contributed by atoms with E-state index in [1.54, 1.807) is 6.08 Å². The van der Waals surface area contributed by atoms with E-state index in [0.717, 1.165) is 6.42 Å². The van der Waals surface area contributed by atoms with E-state index in [-0.39, 0.29) is 6.42 Å². The highest BCUT2D eigenvalue weighted by Crippen LogP contribution is 2.11. The molecule has 0 saturated heterocycles. The molecule has 0 bridgehead atoms. The molecule has 0 fully saturated rings. The molecule has 0 heterocycles. The van der Waals surface area contributed by atoms with Crippen molar-refractivity contribution in [3.63, 3.8) is 0 Å². The largest absolute Gasteiger partial charge is 0.481 e. The lowest BCUT2D eigenvalue weighted by atomic mass is 10.1. The Morgan fingerprint density at radius 3 is 2.04 bits per heavy atom. The molecule has 2 heteroatoms. The molecular formula is C21H36O2. The number of carbonyl (C=O) groups is 1. The number of hydrogen-bond donors (Lipinski definition) is 1. The van der Waals surface area contributed by atoms with Crippen LogP contribution in [0.5, 0.6) is 0 Å². The highest BCUT2D eigenvalue weighted by atomic mass is 16.4. The maximum atomic E-state index is 10.3. The monoisotopic (exact) mass is 320 g/mol. The van der Waals surface area contributed by atoms with Crippen molar-refractivity contribution in [2.75, 3.05) is 0 Å². The van der Waals surface area contributed by atoms with Crippen LogP contribution in [0.15, 0.2) is 30.0 Å². The second-order valence-corrected chi connectivity index (χ2v) is 6.19. The van der Waals surface area contributed by atoms with Gasteiger partial charge in [0.1, 0.15) is 0 Å². The molecule has 132 valence electrons. The number of rotatable bonds is 16. The minimum Gasteiger partial charge on any atom is -0.481 e. The fourth-order valence-corrected chi connectivity index (χ4v) is 2.46. The highest BCUT2D eigenvalue weighted by molar-refractivity contribution is 5.66. The summed E-state index contributed by atoms with van der Waals surface area (Å²) in [5.74, 6) is -0.751. The van der Waals surface area contributed by atoms with E-state index in [0.29, 0.717) is 6.42 Å². The third kappa shape index (κ3) is 20.7. The van der Waals surface area contributed by atoms with Gasteiger partial charge in [-0.25, -0.2) is 0 Å². The molecule has 0 saturated carbocycles. The van der Waals surface area contributed by atoms with Gasteiger partial charge in [0, 0.05) is 6.42 Å². The number of allylic oxidation sites excluding steroid dienone is 3. The molecule has 0 spiro atoms. The lowest BCUT2D eigenvalue weighted by Gasteiger charge is -2.01. The van der Waals surface area contributed by atoms with Gasteiger partial charge in [-0.15, -0.1) is 5.73 Å². The Labute approximate surface area is 143 Å². The second-order valence-electron chi connectivity index (χ2n) is 6.19. The molecule has 0 atom stereocenters. The molecule has 2 nitrogen and oxygen atoms in total. The molecule has 0 aliphatic carbocycles. The van der Waals surface area contributed by atoms with E-state index < -0.39 is 5.97 Å². The molecule has 0 unspecified atom stereocenters. The van der Waals surface area contributed by atoms with Gasteiger partial charge in [0.15, 0.2) is 0 Å². The summed E-state index contributed by atoms with van der Waals surface area (Å²) >= 11 is 0. The van der Waals surface area contributed by atoms with Gasteiger partial charge in [0.2, 0.25) is 0 Å². The second kappa shape index (κ2) is 18.8. The van der Waals surface area contributed by atoms with Gasteiger partial charge in [0.05, 0.1) is 0 Å². The molecule has 0 aromatic carbocycles. The first kappa shape index (κ1) is 21.7. The summed E-state index contributed by atoms with van der Waals surface area (Å²) in [4.78, 5) is 10.3. The van der Waals surface area contributed by atoms with Crippen LogP contribution < -0.4 is 0 Å². The molecule has 0 aliphatic rings. The lowest BCUT2D eigenvalue weighted by molar-refractivity contribution is -0.136. The van der Waals surface area contributed by atoms with Crippen LogP contribution in [0, 0.1) is 0 Å². The Morgan fingerprint density at radius 2 is 1.43 bits per heavy atom. The van der Waals surface area contributed by atoms with Crippen molar-refractivity contribution >= 4 is 5.97 Å². The predicted octanol–water partition coefficient (Wildman–Crippen LogP) is 6.82. The maximum Gasteiger partial charge on any atom is 0.303 e. The van der Waals surface area contributed by atoms with Crippen molar-refractivity contribution in [1.82, 2.24) is 0 Å². The zero-order valence-corrected chi connectivity index (χ0v) is 15.1. The first-order valence-corrected chi connectivity index (χ1v) is 9.53. The minimum absolute atomic E-state index is 0.190. The Kier molecular flexibility index (Phi) is 17.7. The standard InChI is InChI=1S/C21H36O2/c1-2-3-4-5-6-7-8-9-10-11-12-13-14-15-16-17-18-19-20-21(22)23/h13-14,16,18H,2-12,15,19-20H2,1H3,(H,22,23). The topological polar surface area (TPSA) is 37.3 Å². The van der Waals surface area contributed by atoms with Crippen LogP contribution in [0.25, 0.3) is 0 Å². The molecule has 23 heavy (non-hydrogen) atoms. The van der Waals surface area contributed by atoms with Gasteiger partial charge >= 0.3 is 5.97 Å². The van der Waals surface area contributed by atoms with Gasteiger partial charge in [-0.2, -0.15) is 0 Å². The normalized spacial score (nSPS) is 10.7. The van der Waals surface area contributed by atoms with Gasteiger partial charge in [0.25, 0.3) is 0 Å². The quantitative estimate of drug-likeness (QED) is 0.192. The molecule has 0 aromatic heterocycles. The van der Waals surface area contributed by atoms with Gasteiger partial charge < -0.3 is 5.11 Å². The summed E-state index contributed by atoms with van der Waals surface area (Å²) in [7, 11) is 0. The van der Waals surface area contributed by atoms with E-state index in [2.05, 4.69) is 24.8 Å². The van der Waals surface area contributed by atoms with Crippen LogP contribution in [-0.2, 0) is 4.79 Å². The van der Waals surface area contributed by atoms with Crippen LogP contribution in [-0.4, -0.2) is 11.1 Å². The number of carboxylic acids is 1. The number of aliphatic carboxylic acids is 1. The molecule has 0 rings (SSSR count). The summed E-state index contributed by atoms with van der Waals surface area (Å²) in [5.41, 5.74) is 3.02. The van der Waals surface area contributed by atoms with Crippen molar-refractivity contribution in [3.8, 4) is 0 Å². The molecule has 0 radical (unpaired) electrons. The van der Waals surface area contributed by atoms with Crippen molar-refractivity contribution in [3.05, 3.63) is 30.0 Å². The minimum atomic E-state index is -0.751. The fraction of sp³-hybridized carbons (Fsp3) is 0.714. The molecular weight excluding hydrogens is 284 g/mol. The third-order valence-corrected chi connectivity index (χ3v) is 3.88. The van der Waals surface area contributed by atoms with Crippen molar-refractivity contribution < 1.29 is 9.90 Å². The van der Waals surface area contributed by atoms with E-state index in [1.807, 2.05) is 6.08 Å². The first-order valence-electron chi connectivity index (χ1n) is 9.53. The molecule has 1 N–H and O–H groups in total. The SMILES string of the molecule is CCCCCCCCCCCCC=CCC=C=CCCC(=O)O.